The maximum atomic E-state index is 12.0. The fraction of sp³-hybridized carbons (Fsp3) is 0.625. The van der Waals surface area contributed by atoms with Crippen LogP contribution in [0, 0.1) is 11.8 Å². The monoisotopic (exact) mass is 303 g/mol. The van der Waals surface area contributed by atoms with Crippen LogP contribution < -0.4 is 5.56 Å². The zero-order valence-corrected chi connectivity index (χ0v) is 13.0. The van der Waals surface area contributed by atoms with Crippen molar-refractivity contribution in [2.45, 2.75) is 38.6 Å². The van der Waals surface area contributed by atoms with Gasteiger partial charge in [0.25, 0.3) is 5.56 Å². The Bertz CT molecular complexity index is 692. The number of thiazole rings is 1. The number of hydrogen-bond acceptors (Lipinski definition) is 4. The van der Waals surface area contributed by atoms with Crippen molar-refractivity contribution >= 4 is 16.3 Å². The van der Waals surface area contributed by atoms with Crippen LogP contribution in [-0.4, -0.2) is 27.4 Å². The van der Waals surface area contributed by atoms with Gasteiger partial charge in [0, 0.05) is 30.7 Å². The Morgan fingerprint density at radius 1 is 1.24 bits per heavy atom. The second kappa shape index (κ2) is 5.54. The predicted octanol–water partition coefficient (Wildman–Crippen LogP) is 2.77. The number of rotatable bonds is 2. The van der Waals surface area contributed by atoms with Crippen LogP contribution in [0.2, 0.25) is 0 Å². The smallest absolute Gasteiger partial charge is 0.258 e. The van der Waals surface area contributed by atoms with Gasteiger partial charge in [-0.1, -0.05) is 19.3 Å². The van der Waals surface area contributed by atoms with Crippen LogP contribution in [0.25, 0.3) is 4.96 Å². The van der Waals surface area contributed by atoms with Crippen LogP contribution in [0.3, 0.4) is 0 Å². The minimum atomic E-state index is 0.0452. The normalized spacial score (nSPS) is 26.9. The van der Waals surface area contributed by atoms with Gasteiger partial charge in [0.1, 0.15) is 0 Å². The molecule has 1 saturated carbocycles. The third-order valence-corrected chi connectivity index (χ3v) is 5.87. The standard InChI is InChI=1S/C16H21N3OS/c20-15-9-14(17-16-19(15)7-8-21-16)11-18-6-5-12-3-1-2-4-13(12)10-18/h7-9,12-13H,1-6,10-11H2/t12-,13+/m0/s1. The van der Waals surface area contributed by atoms with Crippen molar-refractivity contribution < 1.29 is 0 Å². The quantitative estimate of drug-likeness (QED) is 0.856. The molecule has 0 aromatic carbocycles. The van der Waals surface area contributed by atoms with Crippen molar-refractivity contribution in [1.29, 1.82) is 0 Å². The SMILES string of the molecule is O=c1cc(CN2CC[C@@H]3CCCC[C@@H]3C2)nc2sccn12. The number of likely N-dealkylation sites (tertiary alicyclic amines) is 1. The molecule has 0 N–H and O–H groups in total. The molecule has 1 saturated heterocycles. The molecule has 21 heavy (non-hydrogen) atoms. The topological polar surface area (TPSA) is 37.6 Å². The van der Waals surface area contributed by atoms with Crippen LogP contribution in [0.15, 0.2) is 22.4 Å². The van der Waals surface area contributed by atoms with Crippen LogP contribution >= 0.6 is 11.3 Å². The van der Waals surface area contributed by atoms with Gasteiger partial charge in [-0.15, -0.1) is 11.3 Å². The van der Waals surface area contributed by atoms with Gasteiger partial charge in [-0.3, -0.25) is 14.1 Å². The first kappa shape index (κ1) is 13.5. The summed E-state index contributed by atoms with van der Waals surface area (Å²) in [6.07, 6.45) is 8.77. The largest absolute Gasteiger partial charge is 0.297 e. The predicted molar refractivity (Wildman–Crippen MR) is 84.7 cm³/mol. The summed E-state index contributed by atoms with van der Waals surface area (Å²) in [6.45, 7) is 3.18. The average Bonchev–Trinajstić information content (AvgIpc) is 2.96. The highest BCUT2D eigenvalue weighted by Crippen LogP contribution is 2.36. The molecule has 3 heterocycles. The van der Waals surface area contributed by atoms with Gasteiger partial charge in [-0.05, 0) is 31.2 Å². The minimum absolute atomic E-state index is 0.0452. The van der Waals surface area contributed by atoms with E-state index in [2.05, 4.69) is 9.88 Å². The molecular formula is C16H21N3OS. The fourth-order valence-electron chi connectivity index (χ4n) is 4.02. The molecule has 0 amide bonds. The van der Waals surface area contributed by atoms with Crippen molar-refractivity contribution in [3.63, 3.8) is 0 Å². The summed E-state index contributed by atoms with van der Waals surface area (Å²) in [6, 6.07) is 1.70. The molecule has 5 heteroatoms. The molecule has 2 atom stereocenters. The Balaban J connectivity index is 1.50. The Morgan fingerprint density at radius 2 is 2.10 bits per heavy atom. The van der Waals surface area contributed by atoms with Crippen LogP contribution in [-0.2, 0) is 6.54 Å². The molecule has 112 valence electrons. The highest BCUT2D eigenvalue weighted by molar-refractivity contribution is 7.15. The zero-order valence-electron chi connectivity index (χ0n) is 12.2. The molecule has 0 spiro atoms. The molecule has 0 unspecified atom stereocenters. The summed E-state index contributed by atoms with van der Waals surface area (Å²) >= 11 is 1.53. The van der Waals surface area contributed by atoms with Gasteiger partial charge in [-0.2, -0.15) is 0 Å². The van der Waals surface area contributed by atoms with Crippen LogP contribution in [0.4, 0.5) is 0 Å². The number of aromatic nitrogens is 2. The summed E-state index contributed by atoms with van der Waals surface area (Å²) < 4.78 is 1.63. The molecule has 2 aliphatic rings. The second-order valence-corrected chi connectivity index (χ2v) is 7.34. The van der Waals surface area contributed by atoms with Crippen molar-refractivity contribution in [2.75, 3.05) is 13.1 Å². The van der Waals surface area contributed by atoms with E-state index in [0.717, 1.165) is 35.6 Å². The second-order valence-electron chi connectivity index (χ2n) is 6.47. The van der Waals surface area contributed by atoms with Gasteiger partial charge in [-0.25, -0.2) is 4.98 Å². The Kier molecular flexibility index (Phi) is 3.55. The van der Waals surface area contributed by atoms with Crippen molar-refractivity contribution in [3.05, 3.63) is 33.7 Å². The third-order valence-electron chi connectivity index (χ3n) is 5.12. The van der Waals surface area contributed by atoms with Crippen molar-refractivity contribution in [3.8, 4) is 0 Å². The zero-order chi connectivity index (χ0) is 14.2. The van der Waals surface area contributed by atoms with Gasteiger partial charge in [0.05, 0.1) is 5.69 Å². The Hall–Kier alpha value is -1.20. The van der Waals surface area contributed by atoms with E-state index in [-0.39, 0.29) is 5.56 Å². The van der Waals surface area contributed by atoms with E-state index in [4.69, 9.17) is 0 Å². The van der Waals surface area contributed by atoms with Gasteiger partial charge in [0.15, 0.2) is 4.96 Å². The lowest BCUT2D eigenvalue weighted by atomic mass is 9.75. The van der Waals surface area contributed by atoms with Crippen LogP contribution in [0.5, 0.6) is 0 Å². The first-order chi connectivity index (χ1) is 10.3. The third kappa shape index (κ3) is 2.64. The summed E-state index contributed by atoms with van der Waals surface area (Å²) in [5, 5.41) is 1.92. The van der Waals surface area contributed by atoms with Gasteiger partial charge < -0.3 is 0 Å². The van der Waals surface area contributed by atoms with Gasteiger partial charge in [0.2, 0.25) is 0 Å². The van der Waals surface area contributed by atoms with Gasteiger partial charge >= 0.3 is 0 Å². The summed E-state index contributed by atoms with van der Waals surface area (Å²) in [5.41, 5.74) is 0.973. The number of fused-ring (bicyclic) bond motifs is 2. The minimum Gasteiger partial charge on any atom is -0.297 e. The Morgan fingerprint density at radius 3 is 3.00 bits per heavy atom. The summed E-state index contributed by atoms with van der Waals surface area (Å²) in [5.74, 6) is 1.83. The van der Waals surface area contributed by atoms with E-state index in [9.17, 15) is 4.79 Å². The molecule has 0 radical (unpaired) electrons. The average molecular weight is 303 g/mol. The number of piperidine rings is 1. The molecule has 4 nitrogen and oxygen atoms in total. The van der Waals surface area contributed by atoms with E-state index in [1.807, 2.05) is 5.38 Å². The molecule has 4 rings (SSSR count). The molecule has 2 aromatic rings. The summed E-state index contributed by atoms with van der Waals surface area (Å²) in [4.78, 5) is 20.0. The highest BCUT2D eigenvalue weighted by atomic mass is 32.1. The van der Waals surface area contributed by atoms with Crippen molar-refractivity contribution in [2.24, 2.45) is 11.8 Å². The first-order valence-corrected chi connectivity index (χ1v) is 8.86. The molecule has 1 aliphatic heterocycles. The lowest BCUT2D eigenvalue weighted by Gasteiger charge is -2.41. The van der Waals surface area contributed by atoms with Crippen LogP contribution in [0.1, 0.15) is 37.8 Å². The highest BCUT2D eigenvalue weighted by Gasteiger charge is 2.31. The van der Waals surface area contributed by atoms with E-state index < -0.39 is 0 Å². The van der Waals surface area contributed by atoms with E-state index in [0.29, 0.717) is 0 Å². The maximum Gasteiger partial charge on any atom is 0.258 e. The van der Waals surface area contributed by atoms with E-state index in [1.165, 1.54) is 50.0 Å². The van der Waals surface area contributed by atoms with E-state index in [1.54, 1.807) is 16.7 Å². The molecular weight excluding hydrogens is 282 g/mol. The Labute approximate surface area is 128 Å². The number of hydrogen-bond donors (Lipinski definition) is 0. The van der Waals surface area contributed by atoms with E-state index >= 15 is 0 Å². The lowest BCUT2D eigenvalue weighted by Crippen LogP contribution is -2.41. The first-order valence-electron chi connectivity index (χ1n) is 7.98. The molecule has 1 aliphatic carbocycles. The fourth-order valence-corrected chi connectivity index (χ4v) is 4.76. The number of nitrogens with zero attached hydrogens (tertiary/aromatic N) is 3. The van der Waals surface area contributed by atoms with Crippen molar-refractivity contribution in [1.82, 2.24) is 14.3 Å². The summed E-state index contributed by atoms with van der Waals surface area (Å²) in [7, 11) is 0. The molecule has 2 aromatic heterocycles. The molecule has 2 fully saturated rings. The molecule has 0 bridgehead atoms. The lowest BCUT2D eigenvalue weighted by molar-refractivity contribution is 0.0812. The maximum absolute atomic E-state index is 12.0.